The molecule has 0 amide bonds. The predicted molar refractivity (Wildman–Crippen MR) is 50.6 cm³/mol. The Morgan fingerprint density at radius 2 is 2.12 bits per heavy atom. The van der Waals surface area contributed by atoms with Gasteiger partial charge in [-0.25, -0.2) is 0 Å². The number of nitro groups is 1. The van der Waals surface area contributed by atoms with Crippen molar-refractivity contribution in [2.45, 2.75) is 6.29 Å². The Kier molecular flexibility index (Phi) is 3.67. The van der Waals surface area contributed by atoms with E-state index in [9.17, 15) is 24.8 Å². The molecule has 0 heterocycles. The summed E-state index contributed by atoms with van der Waals surface area (Å²) >= 11 is 0. The van der Waals surface area contributed by atoms with E-state index < -0.39 is 11.2 Å². The summed E-state index contributed by atoms with van der Waals surface area (Å²) in [5, 5.41) is 19.7. The maximum atomic E-state index is 10.6. The second-order valence-corrected chi connectivity index (χ2v) is 2.77. The number of aliphatic hydroxyl groups excluding tert-OH is 1. The molecule has 0 saturated heterocycles. The highest BCUT2D eigenvalue weighted by Gasteiger charge is 2.16. The smallest absolute Gasteiger partial charge is 0.295 e. The molecule has 84 valence electrons. The lowest BCUT2D eigenvalue weighted by Gasteiger charge is -2.10. The van der Waals surface area contributed by atoms with Gasteiger partial charge in [-0.05, 0) is 6.07 Å². The van der Waals surface area contributed by atoms with E-state index in [0.29, 0.717) is 6.29 Å². The first-order chi connectivity index (χ1) is 7.60. The van der Waals surface area contributed by atoms with Crippen LogP contribution in [0.2, 0.25) is 0 Å². The Labute approximate surface area is 89.4 Å². The van der Waals surface area contributed by atoms with E-state index in [1.54, 1.807) is 0 Å². The molecule has 1 atom stereocenters. The van der Waals surface area contributed by atoms with Gasteiger partial charge >= 0.3 is 0 Å². The number of carbonyl (C=O) groups is 2. The normalized spacial score (nSPS) is 11.6. The van der Waals surface area contributed by atoms with Crippen molar-refractivity contribution in [1.82, 2.24) is 0 Å². The number of aldehydes is 1. The molecule has 0 aliphatic carbocycles. The molecule has 0 aliphatic rings. The van der Waals surface area contributed by atoms with Crippen LogP contribution < -0.4 is 0 Å². The molecular formula is C9H7NO6. The number of rotatable bonds is 5. The summed E-state index contributed by atoms with van der Waals surface area (Å²) < 4.78 is 4.22. The molecule has 0 bridgehead atoms. The van der Waals surface area contributed by atoms with Crippen LogP contribution in [0.25, 0.3) is 0 Å². The summed E-state index contributed by atoms with van der Waals surface area (Å²) in [6.07, 6.45) is -1.28. The van der Waals surface area contributed by atoms with Gasteiger partial charge in [-0.3, -0.25) is 19.7 Å². The highest BCUT2D eigenvalue weighted by Crippen LogP contribution is 2.22. The van der Waals surface area contributed by atoms with Gasteiger partial charge in [0.25, 0.3) is 12.2 Å². The van der Waals surface area contributed by atoms with E-state index in [4.69, 9.17) is 0 Å². The van der Waals surface area contributed by atoms with Crippen LogP contribution in [0.3, 0.4) is 0 Å². The highest BCUT2D eigenvalue weighted by atomic mass is 16.6. The van der Waals surface area contributed by atoms with E-state index in [1.807, 2.05) is 0 Å². The van der Waals surface area contributed by atoms with E-state index >= 15 is 0 Å². The molecule has 1 aromatic carbocycles. The third kappa shape index (κ3) is 2.39. The molecule has 1 rings (SSSR count). The lowest BCUT2D eigenvalue weighted by molar-refractivity contribution is -0.384. The average molecular weight is 225 g/mol. The molecule has 0 aliphatic heterocycles. The summed E-state index contributed by atoms with van der Waals surface area (Å²) in [5.41, 5.74) is -0.402. The van der Waals surface area contributed by atoms with Crippen molar-refractivity contribution in [3.8, 4) is 0 Å². The zero-order valence-electron chi connectivity index (χ0n) is 7.90. The predicted octanol–water partition coefficient (Wildman–Crippen LogP) is 0.571. The maximum absolute atomic E-state index is 10.6. The number of nitro benzene ring substituents is 1. The van der Waals surface area contributed by atoms with E-state index in [1.165, 1.54) is 0 Å². The molecule has 7 heteroatoms. The molecular weight excluding hydrogens is 218 g/mol. The molecule has 0 aromatic heterocycles. The Balaban J connectivity index is 3.15. The van der Waals surface area contributed by atoms with Crippen molar-refractivity contribution in [3.05, 3.63) is 39.4 Å². The molecule has 7 nitrogen and oxygen atoms in total. The lowest BCUT2D eigenvalue weighted by atomic mass is 10.1. The molecule has 1 unspecified atom stereocenters. The third-order valence-electron chi connectivity index (χ3n) is 1.86. The summed E-state index contributed by atoms with van der Waals surface area (Å²) in [5.74, 6) is 0. The summed E-state index contributed by atoms with van der Waals surface area (Å²) in [6.45, 7) is 0.0145. The number of carbonyl (C=O) groups excluding carboxylic acids is 2. The summed E-state index contributed by atoms with van der Waals surface area (Å²) in [6, 6.07) is 3.23. The van der Waals surface area contributed by atoms with Crippen LogP contribution >= 0.6 is 0 Å². The van der Waals surface area contributed by atoms with Crippen molar-refractivity contribution < 1.29 is 24.4 Å². The maximum Gasteiger partial charge on any atom is 0.295 e. The summed E-state index contributed by atoms with van der Waals surface area (Å²) in [4.78, 5) is 30.4. The molecule has 1 N–H and O–H groups in total. The first-order valence-electron chi connectivity index (χ1n) is 4.11. The zero-order chi connectivity index (χ0) is 12.1. The fraction of sp³-hybridized carbons (Fsp3) is 0.111. The van der Waals surface area contributed by atoms with Gasteiger partial charge in [0.05, 0.1) is 4.92 Å². The second-order valence-electron chi connectivity index (χ2n) is 2.77. The van der Waals surface area contributed by atoms with Gasteiger partial charge in [0.2, 0.25) is 6.29 Å². The summed E-state index contributed by atoms with van der Waals surface area (Å²) in [7, 11) is 0. The molecule has 1 aromatic rings. The number of nitrogens with zero attached hydrogens (tertiary/aromatic N) is 1. The van der Waals surface area contributed by atoms with Crippen LogP contribution in [0.5, 0.6) is 0 Å². The van der Waals surface area contributed by atoms with Crippen LogP contribution in [-0.2, 0) is 9.53 Å². The van der Waals surface area contributed by atoms with Gasteiger partial charge in [-0.15, -0.1) is 0 Å². The van der Waals surface area contributed by atoms with Crippen LogP contribution in [0.1, 0.15) is 22.2 Å². The zero-order valence-corrected chi connectivity index (χ0v) is 7.90. The Hall–Kier alpha value is -2.28. The first kappa shape index (κ1) is 11.8. The van der Waals surface area contributed by atoms with E-state index in [2.05, 4.69) is 4.74 Å². The largest absolute Gasteiger partial charge is 0.434 e. The van der Waals surface area contributed by atoms with Gasteiger partial charge in [-0.2, -0.15) is 0 Å². The number of hydrogen-bond donors (Lipinski definition) is 1. The molecule has 0 spiro atoms. The van der Waals surface area contributed by atoms with Crippen molar-refractivity contribution in [2.75, 3.05) is 0 Å². The van der Waals surface area contributed by atoms with Crippen molar-refractivity contribution in [1.29, 1.82) is 0 Å². The molecule has 0 fully saturated rings. The Bertz CT molecular complexity index is 430. The standard InChI is InChI=1S/C9H7NO6/c11-4-6-3-7(10(14)15)1-2-8(6)9(13)16-5-12/h1-5,9,13H. The van der Waals surface area contributed by atoms with Crippen molar-refractivity contribution in [2.24, 2.45) is 0 Å². The highest BCUT2D eigenvalue weighted by molar-refractivity contribution is 5.78. The molecule has 0 radical (unpaired) electrons. The average Bonchev–Trinajstić information content (AvgIpc) is 2.28. The van der Waals surface area contributed by atoms with Gasteiger partial charge in [0.1, 0.15) is 0 Å². The van der Waals surface area contributed by atoms with E-state index in [-0.39, 0.29) is 23.3 Å². The number of benzene rings is 1. The quantitative estimate of drug-likeness (QED) is 0.339. The monoisotopic (exact) mass is 225 g/mol. The van der Waals surface area contributed by atoms with Gasteiger partial charge in [0, 0.05) is 23.3 Å². The Morgan fingerprint density at radius 1 is 1.44 bits per heavy atom. The minimum atomic E-state index is -1.61. The Morgan fingerprint density at radius 3 is 2.62 bits per heavy atom. The van der Waals surface area contributed by atoms with Crippen molar-refractivity contribution >= 4 is 18.4 Å². The number of aliphatic hydroxyl groups is 1. The first-order valence-corrected chi connectivity index (χ1v) is 4.11. The van der Waals surface area contributed by atoms with Gasteiger partial charge < -0.3 is 9.84 Å². The lowest BCUT2D eigenvalue weighted by Crippen LogP contribution is -2.05. The van der Waals surface area contributed by atoms with E-state index in [0.717, 1.165) is 18.2 Å². The van der Waals surface area contributed by atoms with Crippen LogP contribution in [-0.4, -0.2) is 22.8 Å². The fourth-order valence-electron chi connectivity index (χ4n) is 1.13. The minimum absolute atomic E-state index is 0.00676. The van der Waals surface area contributed by atoms with Gasteiger partial charge in [0.15, 0.2) is 6.29 Å². The van der Waals surface area contributed by atoms with Gasteiger partial charge in [-0.1, -0.05) is 0 Å². The van der Waals surface area contributed by atoms with Crippen LogP contribution in [0.15, 0.2) is 18.2 Å². The van der Waals surface area contributed by atoms with Crippen LogP contribution in [0.4, 0.5) is 5.69 Å². The topological polar surface area (TPSA) is 107 Å². The fourth-order valence-corrected chi connectivity index (χ4v) is 1.13. The SMILES string of the molecule is O=COC(O)c1ccc([N+](=O)[O-])cc1C=O. The third-order valence-corrected chi connectivity index (χ3v) is 1.86. The molecule has 0 saturated carbocycles. The number of non-ortho nitro benzene ring substituents is 1. The molecule has 16 heavy (non-hydrogen) atoms. The number of hydrogen-bond acceptors (Lipinski definition) is 6. The van der Waals surface area contributed by atoms with Crippen LogP contribution in [0, 0.1) is 10.1 Å². The van der Waals surface area contributed by atoms with Crippen molar-refractivity contribution in [3.63, 3.8) is 0 Å². The minimum Gasteiger partial charge on any atom is -0.434 e. The number of ether oxygens (including phenoxy) is 1. The second kappa shape index (κ2) is 4.99.